The second-order valence-electron chi connectivity index (χ2n) is 3.03. The SMILES string of the molecule is CCOc1c(Cl)ccc2[nH]c(=O)oc(=O)c12. The molecule has 84 valence electrons. The fourth-order valence-corrected chi connectivity index (χ4v) is 1.63. The molecule has 0 radical (unpaired) electrons. The summed E-state index contributed by atoms with van der Waals surface area (Å²) in [7, 11) is 0. The normalized spacial score (nSPS) is 10.6. The third-order valence-corrected chi connectivity index (χ3v) is 2.32. The van der Waals surface area contributed by atoms with E-state index in [0.717, 1.165) is 0 Å². The molecule has 0 saturated carbocycles. The molecular formula is C10H8ClNO4. The molecule has 0 amide bonds. The summed E-state index contributed by atoms with van der Waals surface area (Å²) in [6, 6.07) is 3.07. The first kappa shape index (κ1) is 10.8. The third-order valence-electron chi connectivity index (χ3n) is 2.02. The summed E-state index contributed by atoms with van der Waals surface area (Å²) in [6.45, 7) is 2.12. The first-order chi connectivity index (χ1) is 7.63. The van der Waals surface area contributed by atoms with Gasteiger partial charge in [-0.15, -0.1) is 0 Å². The molecule has 1 aromatic heterocycles. The molecule has 0 aliphatic carbocycles. The van der Waals surface area contributed by atoms with Crippen molar-refractivity contribution in [3.8, 4) is 5.75 Å². The highest BCUT2D eigenvalue weighted by atomic mass is 35.5. The van der Waals surface area contributed by atoms with Gasteiger partial charge in [0, 0.05) is 0 Å². The van der Waals surface area contributed by atoms with Gasteiger partial charge in [0.1, 0.15) is 5.39 Å². The smallest absolute Gasteiger partial charge is 0.419 e. The van der Waals surface area contributed by atoms with E-state index >= 15 is 0 Å². The number of aromatic nitrogens is 1. The van der Waals surface area contributed by atoms with Crippen LogP contribution in [0.4, 0.5) is 0 Å². The Hall–Kier alpha value is -1.75. The molecule has 1 heterocycles. The molecule has 1 aromatic carbocycles. The molecule has 2 rings (SSSR count). The molecule has 16 heavy (non-hydrogen) atoms. The number of H-pyrrole nitrogens is 1. The number of hydrogen-bond acceptors (Lipinski definition) is 4. The molecule has 1 N–H and O–H groups in total. The van der Waals surface area contributed by atoms with Crippen LogP contribution in [0.15, 0.2) is 26.1 Å². The minimum atomic E-state index is -0.803. The summed E-state index contributed by atoms with van der Waals surface area (Å²) in [4.78, 5) is 24.9. The quantitative estimate of drug-likeness (QED) is 0.866. The molecule has 2 aromatic rings. The van der Waals surface area contributed by atoms with E-state index in [1.54, 1.807) is 13.0 Å². The minimum Gasteiger partial charge on any atom is -0.491 e. The van der Waals surface area contributed by atoms with E-state index in [-0.39, 0.29) is 11.1 Å². The Morgan fingerprint density at radius 2 is 2.19 bits per heavy atom. The maximum absolute atomic E-state index is 11.5. The molecule has 0 unspecified atom stereocenters. The van der Waals surface area contributed by atoms with Gasteiger partial charge >= 0.3 is 11.4 Å². The van der Waals surface area contributed by atoms with E-state index in [4.69, 9.17) is 16.3 Å². The predicted molar refractivity (Wildman–Crippen MR) is 59.3 cm³/mol. The van der Waals surface area contributed by atoms with Crippen molar-refractivity contribution >= 4 is 22.5 Å². The lowest BCUT2D eigenvalue weighted by Crippen LogP contribution is -2.15. The topological polar surface area (TPSA) is 72.3 Å². The Morgan fingerprint density at radius 1 is 1.44 bits per heavy atom. The summed E-state index contributed by atoms with van der Waals surface area (Å²) >= 11 is 5.90. The maximum Gasteiger partial charge on any atom is 0.419 e. The zero-order valence-electron chi connectivity index (χ0n) is 8.37. The predicted octanol–water partition coefficient (Wildman–Crippen LogP) is 1.53. The Balaban J connectivity index is 2.91. The number of aromatic amines is 1. The highest BCUT2D eigenvalue weighted by Gasteiger charge is 2.12. The van der Waals surface area contributed by atoms with E-state index in [2.05, 4.69) is 9.40 Å². The first-order valence-electron chi connectivity index (χ1n) is 4.62. The monoisotopic (exact) mass is 241 g/mol. The molecule has 0 spiro atoms. The maximum atomic E-state index is 11.5. The van der Waals surface area contributed by atoms with Crippen LogP contribution in [0, 0.1) is 0 Å². The number of fused-ring (bicyclic) bond motifs is 1. The van der Waals surface area contributed by atoms with E-state index in [1.165, 1.54) is 6.07 Å². The molecule has 0 atom stereocenters. The van der Waals surface area contributed by atoms with Crippen molar-refractivity contribution in [3.63, 3.8) is 0 Å². The van der Waals surface area contributed by atoms with Crippen LogP contribution >= 0.6 is 11.6 Å². The van der Waals surface area contributed by atoms with Crippen LogP contribution in [0.1, 0.15) is 6.92 Å². The van der Waals surface area contributed by atoms with Crippen LogP contribution < -0.4 is 16.1 Å². The molecule has 6 heteroatoms. The Bertz CT molecular complexity index is 643. The summed E-state index contributed by atoms with van der Waals surface area (Å²) in [5.74, 6) is -0.575. The fourth-order valence-electron chi connectivity index (χ4n) is 1.42. The second-order valence-corrected chi connectivity index (χ2v) is 3.44. The molecule has 0 saturated heterocycles. The lowest BCUT2D eigenvalue weighted by Gasteiger charge is -2.07. The van der Waals surface area contributed by atoms with Crippen molar-refractivity contribution in [1.82, 2.24) is 4.98 Å². The second kappa shape index (κ2) is 4.02. The number of hydrogen-bond donors (Lipinski definition) is 1. The van der Waals surface area contributed by atoms with Gasteiger partial charge in [0.05, 0.1) is 17.1 Å². The van der Waals surface area contributed by atoms with Gasteiger partial charge in [0.25, 0.3) is 0 Å². The van der Waals surface area contributed by atoms with Gasteiger partial charge < -0.3 is 9.15 Å². The number of halogens is 1. The van der Waals surface area contributed by atoms with E-state index in [1.807, 2.05) is 0 Å². The van der Waals surface area contributed by atoms with E-state index in [9.17, 15) is 9.59 Å². The fraction of sp³-hybridized carbons (Fsp3) is 0.200. The molecular weight excluding hydrogens is 234 g/mol. The van der Waals surface area contributed by atoms with Gasteiger partial charge in [-0.05, 0) is 19.1 Å². The van der Waals surface area contributed by atoms with E-state index in [0.29, 0.717) is 17.1 Å². The van der Waals surface area contributed by atoms with Crippen molar-refractivity contribution in [1.29, 1.82) is 0 Å². The standard InChI is InChI=1S/C10H8ClNO4/c1-2-15-8-5(11)3-4-6-7(8)9(13)16-10(14)12-6/h3-4H,2H2,1H3,(H,12,14). The number of ether oxygens (including phenoxy) is 1. The average Bonchev–Trinajstić information content (AvgIpc) is 2.22. The number of benzene rings is 1. The lowest BCUT2D eigenvalue weighted by atomic mass is 10.2. The number of rotatable bonds is 2. The van der Waals surface area contributed by atoms with E-state index < -0.39 is 11.4 Å². The van der Waals surface area contributed by atoms with Crippen LogP contribution in [0.3, 0.4) is 0 Å². The van der Waals surface area contributed by atoms with Gasteiger partial charge in [0.2, 0.25) is 0 Å². The third kappa shape index (κ3) is 1.69. The van der Waals surface area contributed by atoms with Crippen LogP contribution in [0.5, 0.6) is 5.75 Å². The number of nitrogens with one attached hydrogen (secondary N) is 1. The summed E-state index contributed by atoms with van der Waals surface area (Å²) in [6.07, 6.45) is 0. The van der Waals surface area contributed by atoms with Crippen molar-refractivity contribution in [2.75, 3.05) is 6.61 Å². The first-order valence-corrected chi connectivity index (χ1v) is 4.99. The molecule has 0 aliphatic heterocycles. The van der Waals surface area contributed by atoms with Crippen molar-refractivity contribution in [3.05, 3.63) is 38.1 Å². The molecule has 0 bridgehead atoms. The minimum absolute atomic E-state index is 0.147. The largest absolute Gasteiger partial charge is 0.491 e. The van der Waals surface area contributed by atoms with Crippen LogP contribution in [0.2, 0.25) is 5.02 Å². The Labute approximate surface area is 94.6 Å². The summed E-state index contributed by atoms with van der Waals surface area (Å²) in [5, 5.41) is 0.447. The highest BCUT2D eigenvalue weighted by molar-refractivity contribution is 6.33. The zero-order valence-corrected chi connectivity index (χ0v) is 9.13. The van der Waals surface area contributed by atoms with Crippen LogP contribution in [-0.2, 0) is 0 Å². The van der Waals surface area contributed by atoms with Crippen molar-refractivity contribution < 1.29 is 9.15 Å². The average molecular weight is 242 g/mol. The van der Waals surface area contributed by atoms with Crippen LogP contribution in [0.25, 0.3) is 10.9 Å². The van der Waals surface area contributed by atoms with Gasteiger partial charge in [-0.2, -0.15) is 0 Å². The van der Waals surface area contributed by atoms with Crippen LogP contribution in [-0.4, -0.2) is 11.6 Å². The van der Waals surface area contributed by atoms with Crippen molar-refractivity contribution in [2.24, 2.45) is 0 Å². The highest BCUT2D eigenvalue weighted by Crippen LogP contribution is 2.29. The van der Waals surface area contributed by atoms with Gasteiger partial charge in [-0.1, -0.05) is 11.6 Å². The Kier molecular flexibility index (Phi) is 2.70. The zero-order chi connectivity index (χ0) is 11.7. The Morgan fingerprint density at radius 3 is 2.88 bits per heavy atom. The summed E-state index contributed by atoms with van der Waals surface area (Å²) in [5.41, 5.74) is -0.418. The lowest BCUT2D eigenvalue weighted by molar-refractivity contribution is 0.342. The van der Waals surface area contributed by atoms with Gasteiger partial charge in [-0.3, -0.25) is 4.98 Å². The summed E-state index contributed by atoms with van der Waals surface area (Å²) < 4.78 is 9.68. The van der Waals surface area contributed by atoms with Gasteiger partial charge in [-0.25, -0.2) is 9.59 Å². The molecule has 0 fully saturated rings. The molecule has 0 aliphatic rings. The van der Waals surface area contributed by atoms with Gasteiger partial charge in [0.15, 0.2) is 5.75 Å². The molecule has 5 nitrogen and oxygen atoms in total. The van der Waals surface area contributed by atoms with Crippen molar-refractivity contribution in [2.45, 2.75) is 6.92 Å².